The Hall–Kier alpha value is -1.84. The highest BCUT2D eigenvalue weighted by molar-refractivity contribution is 7.89. The van der Waals surface area contributed by atoms with Crippen molar-refractivity contribution in [2.45, 2.75) is 43.4 Å². The molecular weight excluding hydrogens is 372 g/mol. The number of carbonyl (C=O) groups excluding carboxylic acids is 1. The molecule has 26 heavy (non-hydrogen) atoms. The lowest BCUT2D eigenvalue weighted by atomic mass is 10.1. The van der Waals surface area contributed by atoms with Crippen LogP contribution < -0.4 is 5.32 Å². The molecular formula is C17H22N4O3S2. The SMILES string of the molecule is O=C(CCc1ccc(S(=O)(=O)N2CCCCCC2)cc1)Nc1nncs1. The summed E-state index contributed by atoms with van der Waals surface area (Å²) in [4.78, 5) is 12.2. The number of nitrogens with zero attached hydrogens (tertiary/aromatic N) is 3. The van der Waals surface area contributed by atoms with E-state index in [1.165, 1.54) is 11.3 Å². The van der Waals surface area contributed by atoms with Crippen molar-refractivity contribution in [2.24, 2.45) is 0 Å². The molecule has 0 spiro atoms. The molecule has 1 saturated heterocycles. The number of benzene rings is 1. The van der Waals surface area contributed by atoms with Gasteiger partial charge in [0.15, 0.2) is 0 Å². The number of aryl methyl sites for hydroxylation is 1. The molecule has 1 N–H and O–H groups in total. The van der Waals surface area contributed by atoms with Gasteiger partial charge in [-0.05, 0) is 37.0 Å². The smallest absolute Gasteiger partial charge is 0.243 e. The quantitative estimate of drug-likeness (QED) is 0.813. The van der Waals surface area contributed by atoms with E-state index < -0.39 is 10.0 Å². The number of amides is 1. The summed E-state index contributed by atoms with van der Waals surface area (Å²) in [5.41, 5.74) is 2.48. The van der Waals surface area contributed by atoms with Crippen molar-refractivity contribution < 1.29 is 13.2 Å². The molecule has 1 aliphatic rings. The van der Waals surface area contributed by atoms with Crippen LogP contribution in [0.2, 0.25) is 0 Å². The summed E-state index contributed by atoms with van der Waals surface area (Å²) in [6, 6.07) is 6.84. The minimum atomic E-state index is -3.43. The van der Waals surface area contributed by atoms with Gasteiger partial charge in [-0.3, -0.25) is 4.79 Å². The topological polar surface area (TPSA) is 92.3 Å². The highest BCUT2D eigenvalue weighted by atomic mass is 32.2. The first kappa shape index (κ1) is 18.9. The molecule has 9 heteroatoms. The van der Waals surface area contributed by atoms with E-state index in [2.05, 4.69) is 15.5 Å². The third-order valence-corrected chi connectivity index (χ3v) is 6.89. The second-order valence-corrected chi connectivity index (χ2v) is 9.03. The number of aromatic nitrogens is 2. The van der Waals surface area contributed by atoms with Gasteiger partial charge in [0.05, 0.1) is 4.90 Å². The van der Waals surface area contributed by atoms with Crippen LogP contribution in [-0.2, 0) is 21.2 Å². The maximum absolute atomic E-state index is 12.7. The van der Waals surface area contributed by atoms with Crippen LogP contribution in [-0.4, -0.2) is 41.9 Å². The van der Waals surface area contributed by atoms with E-state index in [9.17, 15) is 13.2 Å². The Morgan fingerprint density at radius 3 is 2.42 bits per heavy atom. The first-order valence-corrected chi connectivity index (χ1v) is 11.0. The van der Waals surface area contributed by atoms with E-state index in [0.29, 0.717) is 36.0 Å². The molecule has 0 saturated carbocycles. The molecule has 1 amide bonds. The van der Waals surface area contributed by atoms with E-state index in [1.54, 1.807) is 34.1 Å². The highest BCUT2D eigenvalue weighted by Gasteiger charge is 2.24. The molecule has 0 radical (unpaired) electrons. The lowest BCUT2D eigenvalue weighted by molar-refractivity contribution is -0.116. The zero-order valence-corrected chi connectivity index (χ0v) is 16.1. The largest absolute Gasteiger partial charge is 0.301 e. The summed E-state index contributed by atoms with van der Waals surface area (Å²) < 4.78 is 27.1. The molecule has 0 bridgehead atoms. The van der Waals surface area contributed by atoms with Gasteiger partial charge < -0.3 is 5.32 Å². The van der Waals surface area contributed by atoms with Gasteiger partial charge in [-0.15, -0.1) is 10.2 Å². The Balaban J connectivity index is 1.58. The number of carbonyl (C=O) groups is 1. The second-order valence-electron chi connectivity index (χ2n) is 6.25. The summed E-state index contributed by atoms with van der Waals surface area (Å²) in [5.74, 6) is -0.136. The van der Waals surface area contributed by atoms with Crippen molar-refractivity contribution in [3.05, 3.63) is 35.3 Å². The summed E-state index contributed by atoms with van der Waals surface area (Å²) in [6.45, 7) is 1.19. The molecule has 1 aromatic heterocycles. The molecule has 0 aliphatic carbocycles. The molecule has 2 aromatic rings. The standard InChI is InChI=1S/C17H22N4O3S2/c22-16(19-17-20-18-13-25-17)10-7-14-5-8-15(9-6-14)26(23,24)21-11-3-1-2-4-12-21/h5-6,8-9,13H,1-4,7,10-12H2,(H,19,20,22). The minimum absolute atomic E-state index is 0.136. The van der Waals surface area contributed by atoms with Crippen molar-refractivity contribution >= 4 is 32.4 Å². The molecule has 3 rings (SSSR count). The van der Waals surface area contributed by atoms with Crippen LogP contribution in [0.3, 0.4) is 0 Å². The van der Waals surface area contributed by atoms with E-state index in [-0.39, 0.29) is 5.91 Å². The summed E-state index contributed by atoms with van der Waals surface area (Å²) in [6.07, 6.45) is 4.85. The minimum Gasteiger partial charge on any atom is -0.301 e. The van der Waals surface area contributed by atoms with Gasteiger partial charge in [0, 0.05) is 19.5 Å². The van der Waals surface area contributed by atoms with Crippen molar-refractivity contribution in [3.63, 3.8) is 0 Å². The predicted octanol–water partition coefficient (Wildman–Crippen LogP) is 2.67. The molecule has 0 unspecified atom stereocenters. The zero-order chi connectivity index (χ0) is 18.4. The molecule has 7 nitrogen and oxygen atoms in total. The van der Waals surface area contributed by atoms with Gasteiger partial charge in [0.2, 0.25) is 21.1 Å². The van der Waals surface area contributed by atoms with Crippen LogP contribution in [0.15, 0.2) is 34.7 Å². The monoisotopic (exact) mass is 394 g/mol. The van der Waals surface area contributed by atoms with Crippen LogP contribution in [0.5, 0.6) is 0 Å². The van der Waals surface area contributed by atoms with Crippen molar-refractivity contribution in [1.82, 2.24) is 14.5 Å². The van der Waals surface area contributed by atoms with Crippen LogP contribution >= 0.6 is 11.3 Å². The predicted molar refractivity (Wildman–Crippen MR) is 101 cm³/mol. The first-order valence-electron chi connectivity index (χ1n) is 8.71. The third-order valence-electron chi connectivity index (χ3n) is 4.37. The normalized spacial score (nSPS) is 16.2. The molecule has 1 fully saturated rings. The Labute approximate surface area is 157 Å². The number of nitrogens with one attached hydrogen (secondary N) is 1. The van der Waals surface area contributed by atoms with Crippen molar-refractivity contribution in [1.29, 1.82) is 0 Å². The Morgan fingerprint density at radius 2 is 1.81 bits per heavy atom. The molecule has 1 aliphatic heterocycles. The van der Waals surface area contributed by atoms with Crippen molar-refractivity contribution in [3.8, 4) is 0 Å². The Morgan fingerprint density at radius 1 is 1.12 bits per heavy atom. The van der Waals surface area contributed by atoms with Crippen LogP contribution in [0, 0.1) is 0 Å². The van der Waals surface area contributed by atoms with Gasteiger partial charge in [-0.2, -0.15) is 4.31 Å². The second kappa shape index (κ2) is 8.70. The fourth-order valence-electron chi connectivity index (χ4n) is 2.93. The summed E-state index contributed by atoms with van der Waals surface area (Å²) in [7, 11) is -3.43. The summed E-state index contributed by atoms with van der Waals surface area (Å²) >= 11 is 1.27. The van der Waals surface area contributed by atoms with Gasteiger partial charge in [0.25, 0.3) is 0 Å². The summed E-state index contributed by atoms with van der Waals surface area (Å²) in [5, 5.41) is 10.6. The zero-order valence-electron chi connectivity index (χ0n) is 14.4. The molecule has 2 heterocycles. The van der Waals surface area contributed by atoms with Crippen LogP contribution in [0.4, 0.5) is 5.13 Å². The average molecular weight is 395 g/mol. The number of anilines is 1. The first-order chi connectivity index (χ1) is 12.6. The number of hydrogen-bond donors (Lipinski definition) is 1. The van der Waals surface area contributed by atoms with E-state index in [0.717, 1.165) is 31.2 Å². The lowest BCUT2D eigenvalue weighted by Gasteiger charge is -2.20. The van der Waals surface area contributed by atoms with Crippen LogP contribution in [0.25, 0.3) is 0 Å². The number of rotatable bonds is 6. The molecule has 140 valence electrons. The van der Waals surface area contributed by atoms with Gasteiger partial charge >= 0.3 is 0 Å². The number of hydrogen-bond acceptors (Lipinski definition) is 6. The molecule has 1 aromatic carbocycles. The maximum atomic E-state index is 12.7. The molecule has 0 atom stereocenters. The van der Waals surface area contributed by atoms with Gasteiger partial charge in [0.1, 0.15) is 5.51 Å². The van der Waals surface area contributed by atoms with E-state index in [4.69, 9.17) is 0 Å². The van der Waals surface area contributed by atoms with Gasteiger partial charge in [-0.1, -0.05) is 36.3 Å². The highest BCUT2D eigenvalue weighted by Crippen LogP contribution is 2.21. The fraction of sp³-hybridized carbons (Fsp3) is 0.471. The average Bonchev–Trinajstić information content (AvgIpc) is 2.98. The number of sulfonamides is 1. The fourth-order valence-corrected chi connectivity index (χ4v) is 4.90. The third kappa shape index (κ3) is 4.87. The maximum Gasteiger partial charge on any atom is 0.243 e. The Bertz CT molecular complexity index is 812. The van der Waals surface area contributed by atoms with Gasteiger partial charge in [-0.25, -0.2) is 8.42 Å². The van der Waals surface area contributed by atoms with E-state index in [1.807, 2.05) is 0 Å². The van der Waals surface area contributed by atoms with Crippen LogP contribution in [0.1, 0.15) is 37.7 Å². The van der Waals surface area contributed by atoms with E-state index >= 15 is 0 Å². The Kier molecular flexibility index (Phi) is 6.33. The lowest BCUT2D eigenvalue weighted by Crippen LogP contribution is -2.31. The van der Waals surface area contributed by atoms with Crippen molar-refractivity contribution in [2.75, 3.05) is 18.4 Å².